The number of pyridine rings is 1. The zero-order chi connectivity index (χ0) is 7.40. The third kappa shape index (κ3) is 1.37. The normalized spacial score (nSPS) is 9.00. The monoisotopic (exact) mass is 138 g/mol. The first-order chi connectivity index (χ1) is 4.86. The molecule has 0 saturated carbocycles. The first-order valence-corrected chi connectivity index (χ1v) is 2.82. The fourth-order valence-electron chi connectivity index (χ4n) is 0.580. The van der Waals surface area contributed by atoms with E-state index in [0.717, 1.165) is 0 Å². The van der Waals surface area contributed by atoms with E-state index in [1.807, 2.05) is 0 Å². The SMILES string of the molecule is COc1[c]cnc(OC)c1. The molecule has 0 spiro atoms. The zero-order valence-electron chi connectivity index (χ0n) is 5.92. The van der Waals surface area contributed by atoms with Gasteiger partial charge >= 0.3 is 0 Å². The summed E-state index contributed by atoms with van der Waals surface area (Å²) in [4.78, 5) is 3.85. The van der Waals surface area contributed by atoms with Gasteiger partial charge in [0.15, 0.2) is 0 Å². The first kappa shape index (κ1) is 6.86. The Morgan fingerprint density at radius 3 is 2.80 bits per heavy atom. The highest BCUT2D eigenvalue weighted by Crippen LogP contribution is 2.13. The highest BCUT2D eigenvalue weighted by Gasteiger charge is 1.93. The number of ether oxygens (including phenoxy) is 2. The van der Waals surface area contributed by atoms with Gasteiger partial charge in [-0.15, -0.1) is 0 Å². The lowest BCUT2D eigenvalue weighted by Crippen LogP contribution is -1.88. The maximum Gasteiger partial charge on any atom is 0.216 e. The minimum Gasteiger partial charge on any atom is -0.496 e. The van der Waals surface area contributed by atoms with E-state index in [0.29, 0.717) is 11.6 Å². The van der Waals surface area contributed by atoms with Gasteiger partial charge in [-0.05, 0) is 0 Å². The molecule has 0 aliphatic heterocycles. The second-order valence-corrected chi connectivity index (χ2v) is 1.66. The molecule has 1 heterocycles. The average Bonchev–Trinajstić information content (AvgIpc) is 2.05. The topological polar surface area (TPSA) is 31.4 Å². The molecule has 1 aromatic heterocycles. The summed E-state index contributed by atoms with van der Waals surface area (Å²) in [6.45, 7) is 0. The summed E-state index contributed by atoms with van der Waals surface area (Å²) in [5.41, 5.74) is 0. The average molecular weight is 138 g/mol. The Balaban J connectivity index is 2.87. The lowest BCUT2D eigenvalue weighted by Gasteiger charge is -1.99. The molecule has 0 aliphatic rings. The standard InChI is InChI=1S/C7H8NO2/c1-9-6-3-4-8-7(5-6)10-2/h4-5H,1-2H3. The van der Waals surface area contributed by atoms with Crippen LogP contribution in [-0.4, -0.2) is 19.2 Å². The predicted octanol–water partition coefficient (Wildman–Crippen LogP) is 0.899. The second-order valence-electron chi connectivity index (χ2n) is 1.66. The van der Waals surface area contributed by atoms with E-state index in [2.05, 4.69) is 11.1 Å². The molecular weight excluding hydrogens is 130 g/mol. The van der Waals surface area contributed by atoms with Gasteiger partial charge in [-0.3, -0.25) is 0 Å². The van der Waals surface area contributed by atoms with Crippen molar-refractivity contribution in [3.63, 3.8) is 0 Å². The largest absolute Gasteiger partial charge is 0.496 e. The minimum absolute atomic E-state index is 0.538. The molecule has 0 atom stereocenters. The summed E-state index contributed by atoms with van der Waals surface area (Å²) in [6, 6.07) is 4.45. The van der Waals surface area contributed by atoms with Crippen LogP contribution in [0.3, 0.4) is 0 Å². The molecule has 0 aromatic carbocycles. The van der Waals surface area contributed by atoms with Crippen LogP contribution in [0.25, 0.3) is 0 Å². The molecular formula is C7H8NO2. The molecule has 0 N–H and O–H groups in total. The highest BCUT2D eigenvalue weighted by molar-refractivity contribution is 5.24. The van der Waals surface area contributed by atoms with Crippen molar-refractivity contribution in [2.45, 2.75) is 0 Å². The zero-order valence-corrected chi connectivity index (χ0v) is 5.92. The van der Waals surface area contributed by atoms with Gasteiger partial charge in [-0.2, -0.15) is 0 Å². The van der Waals surface area contributed by atoms with E-state index in [9.17, 15) is 0 Å². The van der Waals surface area contributed by atoms with Crippen LogP contribution in [0.1, 0.15) is 0 Å². The molecule has 1 rings (SSSR count). The van der Waals surface area contributed by atoms with Crippen molar-refractivity contribution in [2.75, 3.05) is 14.2 Å². The predicted molar refractivity (Wildman–Crippen MR) is 36.2 cm³/mol. The van der Waals surface area contributed by atoms with Crippen molar-refractivity contribution >= 4 is 0 Å². The van der Waals surface area contributed by atoms with Crippen LogP contribution in [-0.2, 0) is 0 Å². The van der Waals surface area contributed by atoms with E-state index >= 15 is 0 Å². The highest BCUT2D eigenvalue weighted by atomic mass is 16.5. The lowest BCUT2D eigenvalue weighted by atomic mass is 10.4. The summed E-state index contributed by atoms with van der Waals surface area (Å²) < 4.78 is 9.73. The Labute approximate surface area is 59.6 Å². The first-order valence-electron chi connectivity index (χ1n) is 2.82. The summed E-state index contributed by atoms with van der Waals surface area (Å²) in [6.07, 6.45) is 1.51. The fraction of sp³-hybridized carbons (Fsp3) is 0.286. The Kier molecular flexibility index (Phi) is 2.10. The summed E-state index contributed by atoms with van der Waals surface area (Å²) >= 11 is 0. The van der Waals surface area contributed by atoms with Crippen molar-refractivity contribution in [1.82, 2.24) is 4.98 Å². The Morgan fingerprint density at radius 2 is 2.20 bits per heavy atom. The van der Waals surface area contributed by atoms with Gasteiger partial charge in [0.1, 0.15) is 5.75 Å². The minimum atomic E-state index is 0.538. The molecule has 1 radical (unpaired) electrons. The van der Waals surface area contributed by atoms with Gasteiger partial charge < -0.3 is 9.47 Å². The van der Waals surface area contributed by atoms with Gasteiger partial charge in [-0.1, -0.05) is 0 Å². The number of aromatic nitrogens is 1. The van der Waals surface area contributed by atoms with Crippen molar-refractivity contribution in [1.29, 1.82) is 0 Å². The molecule has 53 valence electrons. The van der Waals surface area contributed by atoms with Crippen LogP contribution >= 0.6 is 0 Å². The van der Waals surface area contributed by atoms with Crippen molar-refractivity contribution in [3.8, 4) is 11.6 Å². The van der Waals surface area contributed by atoms with E-state index in [4.69, 9.17) is 9.47 Å². The number of hydrogen-bond donors (Lipinski definition) is 0. The van der Waals surface area contributed by atoms with Gasteiger partial charge in [0.2, 0.25) is 5.88 Å². The number of nitrogens with zero attached hydrogens (tertiary/aromatic N) is 1. The summed E-state index contributed by atoms with van der Waals surface area (Å²) in [7, 11) is 3.13. The van der Waals surface area contributed by atoms with Crippen molar-refractivity contribution in [3.05, 3.63) is 18.3 Å². The maximum absolute atomic E-state index is 4.88. The van der Waals surface area contributed by atoms with Crippen LogP contribution in [0.5, 0.6) is 11.6 Å². The summed E-state index contributed by atoms with van der Waals surface area (Å²) in [5, 5.41) is 0. The Hall–Kier alpha value is -1.25. The quantitative estimate of drug-likeness (QED) is 0.608. The van der Waals surface area contributed by atoms with Crippen LogP contribution in [0.15, 0.2) is 12.3 Å². The van der Waals surface area contributed by atoms with Gasteiger partial charge in [0.05, 0.1) is 14.2 Å². The number of hydrogen-bond acceptors (Lipinski definition) is 3. The Bertz CT molecular complexity index is 193. The second kappa shape index (κ2) is 3.06. The molecule has 0 fully saturated rings. The molecule has 0 amide bonds. The molecule has 0 saturated heterocycles. The van der Waals surface area contributed by atoms with E-state index in [1.165, 1.54) is 6.20 Å². The van der Waals surface area contributed by atoms with Crippen molar-refractivity contribution in [2.24, 2.45) is 0 Å². The third-order valence-corrected chi connectivity index (χ3v) is 1.08. The van der Waals surface area contributed by atoms with Gasteiger partial charge in [0.25, 0.3) is 0 Å². The molecule has 3 heteroatoms. The lowest BCUT2D eigenvalue weighted by molar-refractivity contribution is 0.382. The maximum atomic E-state index is 4.88. The fourth-order valence-corrected chi connectivity index (χ4v) is 0.580. The van der Waals surface area contributed by atoms with E-state index < -0.39 is 0 Å². The molecule has 10 heavy (non-hydrogen) atoms. The van der Waals surface area contributed by atoms with Gasteiger partial charge in [0, 0.05) is 18.3 Å². The van der Waals surface area contributed by atoms with E-state index in [-0.39, 0.29) is 0 Å². The summed E-state index contributed by atoms with van der Waals surface area (Å²) in [5.74, 6) is 1.17. The van der Waals surface area contributed by atoms with Crippen LogP contribution in [0.2, 0.25) is 0 Å². The van der Waals surface area contributed by atoms with E-state index in [1.54, 1.807) is 20.3 Å². The van der Waals surface area contributed by atoms with Crippen LogP contribution < -0.4 is 9.47 Å². The molecule has 0 bridgehead atoms. The smallest absolute Gasteiger partial charge is 0.216 e. The van der Waals surface area contributed by atoms with Crippen molar-refractivity contribution < 1.29 is 9.47 Å². The third-order valence-electron chi connectivity index (χ3n) is 1.08. The molecule has 1 aromatic rings. The van der Waals surface area contributed by atoms with Crippen LogP contribution in [0.4, 0.5) is 0 Å². The van der Waals surface area contributed by atoms with Crippen LogP contribution in [0, 0.1) is 6.07 Å². The van der Waals surface area contributed by atoms with Gasteiger partial charge in [-0.25, -0.2) is 4.98 Å². The molecule has 3 nitrogen and oxygen atoms in total. The Morgan fingerprint density at radius 1 is 1.40 bits per heavy atom. The number of methoxy groups -OCH3 is 2. The molecule has 0 unspecified atom stereocenters. The molecule has 0 aliphatic carbocycles. The number of rotatable bonds is 2.